The Kier molecular flexibility index (Phi) is 2.49. The molecule has 64 valence electrons. The minimum atomic E-state index is -0.616. The number of phenolic OH excluding ortho intramolecular Hbond substituents is 1. The Morgan fingerprint density at radius 2 is 1.92 bits per heavy atom. The Balaban J connectivity index is 3.33. The molecule has 0 aromatic heterocycles. The summed E-state index contributed by atoms with van der Waals surface area (Å²) in [6.45, 7) is 0. The van der Waals surface area contributed by atoms with Crippen LogP contribution in [0.3, 0.4) is 0 Å². The quantitative estimate of drug-likeness (QED) is 0.371. The molecule has 0 saturated carbocycles. The maximum absolute atomic E-state index is 10.3. The van der Waals surface area contributed by atoms with Crippen LogP contribution in [0.4, 0.5) is 5.69 Å². The highest BCUT2D eigenvalue weighted by Gasteiger charge is 2.13. The molecular weight excluding hydrogens is 198 g/mol. The topological polar surface area (TPSA) is 63.4 Å². The first-order valence-electron chi connectivity index (χ1n) is 2.91. The third-order valence-electron chi connectivity index (χ3n) is 1.27. The lowest BCUT2D eigenvalue weighted by atomic mass is 10.3. The Hall–Kier alpha value is -0.880. The highest BCUT2D eigenvalue weighted by atomic mass is 32.1. The number of rotatable bonds is 1. The normalized spacial score (nSPS) is 9.83. The largest absolute Gasteiger partial charge is 0.507 e. The standard InChI is InChI=1S/C6H5NO3S2/c8-4-1-3(7(9)10)5(11)2-6(4)12/h1-2,8,11-12H. The Bertz CT molecular complexity index is 340. The molecule has 12 heavy (non-hydrogen) atoms. The predicted molar refractivity (Wildman–Crippen MR) is 49.3 cm³/mol. The molecule has 0 radical (unpaired) electrons. The molecular formula is C6H5NO3S2. The van der Waals surface area contributed by atoms with Crippen molar-refractivity contribution in [1.82, 2.24) is 0 Å². The smallest absolute Gasteiger partial charge is 0.286 e. The van der Waals surface area contributed by atoms with Crippen LogP contribution in [0.5, 0.6) is 5.75 Å². The van der Waals surface area contributed by atoms with Crippen LogP contribution in [0.1, 0.15) is 0 Å². The van der Waals surface area contributed by atoms with E-state index >= 15 is 0 Å². The first kappa shape index (κ1) is 9.21. The zero-order valence-corrected chi connectivity index (χ0v) is 7.55. The molecule has 0 unspecified atom stereocenters. The summed E-state index contributed by atoms with van der Waals surface area (Å²) in [5, 5.41) is 19.4. The van der Waals surface area contributed by atoms with Gasteiger partial charge in [0.25, 0.3) is 5.69 Å². The van der Waals surface area contributed by atoms with Crippen LogP contribution < -0.4 is 0 Å². The van der Waals surface area contributed by atoms with Crippen LogP contribution >= 0.6 is 25.3 Å². The fourth-order valence-electron chi connectivity index (χ4n) is 0.701. The highest BCUT2D eigenvalue weighted by Crippen LogP contribution is 2.32. The van der Waals surface area contributed by atoms with Gasteiger partial charge in [0, 0.05) is 4.90 Å². The van der Waals surface area contributed by atoms with Crippen LogP contribution in [0.2, 0.25) is 0 Å². The molecule has 0 aliphatic rings. The van der Waals surface area contributed by atoms with Gasteiger partial charge in [-0.15, -0.1) is 25.3 Å². The molecule has 0 amide bonds. The van der Waals surface area contributed by atoms with Gasteiger partial charge in [-0.1, -0.05) is 0 Å². The molecule has 0 spiro atoms. The van der Waals surface area contributed by atoms with E-state index in [4.69, 9.17) is 5.11 Å². The number of nitrogens with zero attached hydrogens (tertiary/aromatic N) is 1. The van der Waals surface area contributed by atoms with E-state index in [2.05, 4.69) is 25.3 Å². The second-order valence-corrected chi connectivity index (χ2v) is 3.05. The van der Waals surface area contributed by atoms with Gasteiger partial charge in [-0.2, -0.15) is 0 Å². The summed E-state index contributed by atoms with van der Waals surface area (Å²) in [7, 11) is 0. The van der Waals surface area contributed by atoms with Crippen molar-refractivity contribution < 1.29 is 10.0 Å². The predicted octanol–water partition coefficient (Wildman–Crippen LogP) is 1.88. The molecule has 1 aromatic carbocycles. The first-order valence-corrected chi connectivity index (χ1v) is 3.81. The van der Waals surface area contributed by atoms with Gasteiger partial charge in [0.2, 0.25) is 0 Å². The summed E-state index contributed by atoms with van der Waals surface area (Å²) in [5.74, 6) is -0.220. The zero-order chi connectivity index (χ0) is 9.30. The number of benzene rings is 1. The van der Waals surface area contributed by atoms with Crippen LogP contribution in [-0.4, -0.2) is 10.0 Å². The van der Waals surface area contributed by atoms with E-state index in [1.54, 1.807) is 0 Å². The zero-order valence-electron chi connectivity index (χ0n) is 5.76. The van der Waals surface area contributed by atoms with Gasteiger partial charge >= 0.3 is 0 Å². The third-order valence-corrected chi connectivity index (χ3v) is 1.98. The molecule has 1 rings (SSSR count). The van der Waals surface area contributed by atoms with Crippen molar-refractivity contribution in [3.63, 3.8) is 0 Å². The molecule has 0 aliphatic carbocycles. The molecule has 0 saturated heterocycles. The molecule has 1 aromatic rings. The second-order valence-electron chi connectivity index (χ2n) is 2.09. The Labute approximate surface area is 79.2 Å². The summed E-state index contributed by atoms with van der Waals surface area (Å²) in [6.07, 6.45) is 0. The van der Waals surface area contributed by atoms with E-state index in [-0.39, 0.29) is 21.2 Å². The second kappa shape index (κ2) is 3.24. The summed E-state index contributed by atoms with van der Waals surface area (Å²) in [6, 6.07) is 2.34. The van der Waals surface area contributed by atoms with Gasteiger partial charge in [-0.05, 0) is 6.07 Å². The van der Waals surface area contributed by atoms with E-state index in [9.17, 15) is 10.1 Å². The summed E-state index contributed by atoms with van der Waals surface area (Å²) >= 11 is 7.71. The number of aromatic hydroxyl groups is 1. The lowest BCUT2D eigenvalue weighted by Gasteiger charge is -1.99. The summed E-state index contributed by atoms with van der Waals surface area (Å²) < 4.78 is 0. The number of hydrogen-bond acceptors (Lipinski definition) is 5. The number of thiol groups is 2. The van der Waals surface area contributed by atoms with Crippen molar-refractivity contribution in [3.8, 4) is 5.75 Å². The fourth-order valence-corrected chi connectivity index (χ4v) is 1.27. The van der Waals surface area contributed by atoms with Gasteiger partial charge in [0.1, 0.15) is 5.75 Å². The average Bonchev–Trinajstić information content (AvgIpc) is 1.96. The van der Waals surface area contributed by atoms with Gasteiger partial charge in [0.15, 0.2) is 0 Å². The van der Waals surface area contributed by atoms with Crippen LogP contribution in [0.15, 0.2) is 21.9 Å². The van der Waals surface area contributed by atoms with Gasteiger partial charge in [-0.3, -0.25) is 10.1 Å². The van der Waals surface area contributed by atoms with E-state index < -0.39 is 4.92 Å². The molecule has 6 heteroatoms. The van der Waals surface area contributed by atoms with Crippen molar-refractivity contribution in [2.24, 2.45) is 0 Å². The molecule has 0 aliphatic heterocycles. The summed E-state index contributed by atoms with van der Waals surface area (Å²) in [4.78, 5) is 10.1. The van der Waals surface area contributed by atoms with E-state index in [0.29, 0.717) is 0 Å². The van der Waals surface area contributed by atoms with Crippen LogP contribution in [-0.2, 0) is 0 Å². The SMILES string of the molecule is O=[N+]([O-])c1cc(O)c(S)cc1S. The van der Waals surface area contributed by atoms with Crippen molar-refractivity contribution in [2.75, 3.05) is 0 Å². The third kappa shape index (κ3) is 1.64. The molecule has 0 fully saturated rings. The highest BCUT2D eigenvalue weighted by molar-refractivity contribution is 7.81. The van der Waals surface area contributed by atoms with Crippen LogP contribution in [0.25, 0.3) is 0 Å². The minimum Gasteiger partial charge on any atom is -0.507 e. The van der Waals surface area contributed by atoms with E-state index in [0.717, 1.165) is 6.07 Å². The first-order chi connectivity index (χ1) is 5.52. The van der Waals surface area contributed by atoms with Gasteiger partial charge in [0.05, 0.1) is 15.9 Å². The maximum Gasteiger partial charge on any atom is 0.286 e. The Morgan fingerprint density at radius 3 is 2.42 bits per heavy atom. The molecule has 0 atom stereocenters. The van der Waals surface area contributed by atoms with Crippen LogP contribution in [0, 0.1) is 10.1 Å². The lowest BCUT2D eigenvalue weighted by Crippen LogP contribution is -1.89. The van der Waals surface area contributed by atoms with E-state index in [1.165, 1.54) is 6.07 Å². The minimum absolute atomic E-state index is 0.183. The fraction of sp³-hybridized carbons (Fsp3) is 0. The average molecular weight is 203 g/mol. The van der Waals surface area contributed by atoms with Crippen molar-refractivity contribution in [2.45, 2.75) is 9.79 Å². The molecule has 4 nitrogen and oxygen atoms in total. The van der Waals surface area contributed by atoms with Crippen molar-refractivity contribution in [1.29, 1.82) is 0 Å². The summed E-state index contributed by atoms with van der Waals surface area (Å²) in [5.41, 5.74) is -0.228. The number of nitro benzene ring substituents is 1. The number of phenols is 1. The maximum atomic E-state index is 10.3. The number of nitro groups is 1. The monoisotopic (exact) mass is 203 g/mol. The molecule has 1 N–H and O–H groups in total. The van der Waals surface area contributed by atoms with Gasteiger partial charge in [-0.25, -0.2) is 0 Å². The molecule has 0 bridgehead atoms. The Morgan fingerprint density at radius 1 is 1.33 bits per heavy atom. The van der Waals surface area contributed by atoms with E-state index in [1.807, 2.05) is 0 Å². The van der Waals surface area contributed by atoms with Crippen molar-refractivity contribution >= 4 is 30.9 Å². The lowest BCUT2D eigenvalue weighted by molar-refractivity contribution is -0.387. The van der Waals surface area contributed by atoms with Crippen molar-refractivity contribution in [3.05, 3.63) is 22.2 Å². The van der Waals surface area contributed by atoms with Gasteiger partial charge < -0.3 is 5.11 Å². The molecule has 0 heterocycles. The number of hydrogen-bond donors (Lipinski definition) is 3.